The fourth-order valence-corrected chi connectivity index (χ4v) is 1.65. The smallest absolute Gasteiger partial charge is 0.227 e. The summed E-state index contributed by atoms with van der Waals surface area (Å²) in [5.41, 5.74) is 0. The summed E-state index contributed by atoms with van der Waals surface area (Å²) in [6, 6.07) is 0. The number of ether oxygens (including phenoxy) is 2. The summed E-state index contributed by atoms with van der Waals surface area (Å²) in [6.07, 6.45) is -0.187. The quantitative estimate of drug-likeness (QED) is 0.492. The van der Waals surface area contributed by atoms with Gasteiger partial charge >= 0.3 is 0 Å². The molecule has 4 nitrogen and oxygen atoms in total. The fourth-order valence-electron chi connectivity index (χ4n) is 1.20. The lowest BCUT2D eigenvalue weighted by atomic mass is 9.99. The van der Waals surface area contributed by atoms with E-state index in [2.05, 4.69) is 0 Å². The zero-order valence-corrected chi connectivity index (χ0v) is 10.2. The van der Waals surface area contributed by atoms with E-state index in [0.717, 1.165) is 0 Å². The Bertz CT molecular complexity index is 220. The Morgan fingerprint density at radius 1 is 1.33 bits per heavy atom. The van der Waals surface area contributed by atoms with Crippen LogP contribution in [0.3, 0.4) is 0 Å². The molecule has 6 heteroatoms. The summed E-state index contributed by atoms with van der Waals surface area (Å²) >= 11 is 10.6. The number of methoxy groups -OCH3 is 1. The van der Waals surface area contributed by atoms with Crippen molar-refractivity contribution >= 4 is 33.7 Å². The second-order valence-corrected chi connectivity index (χ2v) is 3.78. The number of hydrogen-bond acceptors (Lipinski definition) is 4. The van der Waals surface area contributed by atoms with Crippen molar-refractivity contribution in [1.82, 2.24) is 0 Å². The first-order chi connectivity index (χ1) is 7.02. The normalized spacial score (nSPS) is 14.7. The van der Waals surface area contributed by atoms with Crippen LogP contribution in [0.15, 0.2) is 0 Å². The molecule has 0 aromatic rings. The molecule has 88 valence electrons. The van der Waals surface area contributed by atoms with Crippen LogP contribution < -0.4 is 0 Å². The minimum absolute atomic E-state index is 0.00446. The maximum Gasteiger partial charge on any atom is 0.227 e. The van der Waals surface area contributed by atoms with Gasteiger partial charge in [0.2, 0.25) is 10.5 Å². The van der Waals surface area contributed by atoms with Gasteiger partial charge in [-0.15, -0.1) is 0 Å². The van der Waals surface area contributed by atoms with Crippen LogP contribution in [-0.4, -0.2) is 30.5 Å². The molecule has 2 atom stereocenters. The molecular formula is C9H14Cl2O4. The molecule has 0 aliphatic heterocycles. The van der Waals surface area contributed by atoms with Crippen LogP contribution in [-0.2, 0) is 19.1 Å². The first-order valence-electron chi connectivity index (χ1n) is 4.51. The fraction of sp³-hybridized carbons (Fsp3) is 0.778. The number of carbonyl (C=O) groups is 2. The minimum Gasteiger partial charge on any atom is -0.359 e. The minimum atomic E-state index is -0.620. The van der Waals surface area contributed by atoms with Gasteiger partial charge in [0.1, 0.15) is 6.79 Å². The van der Waals surface area contributed by atoms with Crippen LogP contribution in [0.2, 0.25) is 0 Å². The van der Waals surface area contributed by atoms with Gasteiger partial charge in [-0.1, -0.05) is 6.92 Å². The number of carbonyl (C=O) groups excluding carboxylic acids is 2. The molecule has 0 aliphatic carbocycles. The van der Waals surface area contributed by atoms with Gasteiger partial charge in [-0.05, 0) is 29.6 Å². The van der Waals surface area contributed by atoms with Crippen molar-refractivity contribution in [1.29, 1.82) is 0 Å². The molecule has 0 amide bonds. The summed E-state index contributed by atoms with van der Waals surface area (Å²) in [6.45, 7) is 1.78. The lowest BCUT2D eigenvalue weighted by Crippen LogP contribution is -2.30. The van der Waals surface area contributed by atoms with Gasteiger partial charge in [-0.2, -0.15) is 0 Å². The molecule has 0 bridgehead atoms. The van der Waals surface area contributed by atoms with Gasteiger partial charge in [-0.25, -0.2) is 0 Å². The van der Waals surface area contributed by atoms with Crippen LogP contribution in [0.5, 0.6) is 0 Å². The highest BCUT2D eigenvalue weighted by atomic mass is 35.5. The number of rotatable bonds is 8. The Hall–Kier alpha value is -0.160. The van der Waals surface area contributed by atoms with E-state index in [1.807, 2.05) is 0 Å². The van der Waals surface area contributed by atoms with Crippen LogP contribution in [0.1, 0.15) is 19.8 Å². The largest absolute Gasteiger partial charge is 0.359 e. The van der Waals surface area contributed by atoms with E-state index in [9.17, 15) is 9.59 Å². The predicted molar refractivity (Wildman–Crippen MR) is 56.9 cm³/mol. The third kappa shape index (κ3) is 6.10. The van der Waals surface area contributed by atoms with Crippen LogP contribution in [0, 0.1) is 5.92 Å². The SMILES string of the molecule is CCC(C(=O)Cl)[C@H](CC(=O)Cl)OCOC. The van der Waals surface area contributed by atoms with E-state index in [1.54, 1.807) is 6.92 Å². The molecule has 0 saturated heterocycles. The van der Waals surface area contributed by atoms with Crippen LogP contribution >= 0.6 is 23.2 Å². The third-order valence-corrected chi connectivity index (χ3v) is 2.38. The average Bonchev–Trinajstić information content (AvgIpc) is 2.13. The molecule has 0 heterocycles. The Morgan fingerprint density at radius 3 is 2.27 bits per heavy atom. The molecule has 0 fully saturated rings. The number of hydrogen-bond donors (Lipinski definition) is 0. The van der Waals surface area contributed by atoms with E-state index in [4.69, 9.17) is 32.7 Å². The zero-order chi connectivity index (χ0) is 11.8. The Balaban J connectivity index is 4.42. The van der Waals surface area contributed by atoms with E-state index in [-0.39, 0.29) is 13.2 Å². The van der Waals surface area contributed by atoms with Crippen LogP contribution in [0.25, 0.3) is 0 Å². The Morgan fingerprint density at radius 2 is 1.93 bits per heavy atom. The highest BCUT2D eigenvalue weighted by Crippen LogP contribution is 2.19. The van der Waals surface area contributed by atoms with E-state index >= 15 is 0 Å². The lowest BCUT2D eigenvalue weighted by Gasteiger charge is -2.21. The standard InChI is InChI=1S/C9H14Cl2O4/c1-3-6(9(11)13)7(4-8(10)12)15-5-14-2/h6-7H,3-5H2,1-2H3/t6?,7-/m0/s1. The molecule has 1 unspecified atom stereocenters. The first-order valence-corrected chi connectivity index (χ1v) is 5.26. The van der Waals surface area contributed by atoms with Crippen molar-refractivity contribution in [2.24, 2.45) is 5.92 Å². The molecule has 0 aliphatic rings. The average molecular weight is 257 g/mol. The van der Waals surface area contributed by atoms with Gasteiger partial charge in [0.25, 0.3) is 0 Å². The van der Waals surface area contributed by atoms with Gasteiger partial charge < -0.3 is 9.47 Å². The topological polar surface area (TPSA) is 52.6 Å². The van der Waals surface area contributed by atoms with E-state index in [0.29, 0.717) is 6.42 Å². The summed E-state index contributed by atoms with van der Waals surface area (Å²) in [4.78, 5) is 21.8. The number of halogens is 2. The molecule has 15 heavy (non-hydrogen) atoms. The van der Waals surface area contributed by atoms with Gasteiger partial charge in [0.15, 0.2) is 0 Å². The van der Waals surface area contributed by atoms with Crippen molar-refractivity contribution in [3.05, 3.63) is 0 Å². The highest BCUT2D eigenvalue weighted by molar-refractivity contribution is 6.64. The predicted octanol–water partition coefficient (Wildman–Crippen LogP) is 1.92. The summed E-state index contributed by atoms with van der Waals surface area (Å²) < 4.78 is 9.88. The summed E-state index contributed by atoms with van der Waals surface area (Å²) in [5.74, 6) is -0.537. The van der Waals surface area contributed by atoms with Crippen molar-refractivity contribution in [3.63, 3.8) is 0 Å². The second-order valence-electron chi connectivity index (χ2n) is 2.99. The van der Waals surface area contributed by atoms with Gasteiger partial charge in [0, 0.05) is 13.5 Å². The molecule has 0 spiro atoms. The first kappa shape index (κ1) is 14.8. The zero-order valence-electron chi connectivity index (χ0n) is 8.66. The molecule has 0 aromatic carbocycles. The van der Waals surface area contributed by atoms with E-state index < -0.39 is 22.5 Å². The Labute approximate surface area is 98.8 Å². The van der Waals surface area contributed by atoms with Crippen molar-refractivity contribution in [3.8, 4) is 0 Å². The third-order valence-electron chi connectivity index (χ3n) is 1.94. The molecular weight excluding hydrogens is 243 g/mol. The van der Waals surface area contributed by atoms with Gasteiger partial charge in [0.05, 0.1) is 12.0 Å². The highest BCUT2D eigenvalue weighted by Gasteiger charge is 2.28. The van der Waals surface area contributed by atoms with Crippen molar-refractivity contribution in [2.75, 3.05) is 13.9 Å². The molecule has 0 radical (unpaired) electrons. The second kappa shape index (κ2) is 8.05. The molecule has 0 N–H and O–H groups in total. The van der Waals surface area contributed by atoms with Crippen molar-refractivity contribution in [2.45, 2.75) is 25.9 Å². The maximum absolute atomic E-state index is 11.1. The monoisotopic (exact) mass is 256 g/mol. The summed E-state index contributed by atoms with van der Waals surface area (Å²) in [7, 11) is 1.45. The molecule has 0 saturated carbocycles. The van der Waals surface area contributed by atoms with Gasteiger partial charge in [-0.3, -0.25) is 9.59 Å². The van der Waals surface area contributed by atoms with Crippen LogP contribution in [0.4, 0.5) is 0 Å². The molecule has 0 rings (SSSR count). The maximum atomic E-state index is 11.1. The van der Waals surface area contributed by atoms with E-state index in [1.165, 1.54) is 7.11 Å². The lowest BCUT2D eigenvalue weighted by molar-refractivity contribution is -0.132. The Kier molecular flexibility index (Phi) is 7.96. The summed E-state index contributed by atoms with van der Waals surface area (Å²) in [5, 5.41) is -1.09. The molecule has 0 aromatic heterocycles. The van der Waals surface area contributed by atoms with Crippen molar-refractivity contribution < 1.29 is 19.1 Å².